The first kappa shape index (κ1) is 21.8. The molecule has 0 saturated carbocycles. The number of aliphatic hydroxyl groups excluding tert-OH is 1. The Kier molecular flexibility index (Phi) is 6.11. The van der Waals surface area contributed by atoms with Gasteiger partial charge in [0.25, 0.3) is 0 Å². The van der Waals surface area contributed by atoms with Crippen molar-refractivity contribution < 1.29 is 5.11 Å². The molecule has 0 radical (unpaired) electrons. The van der Waals surface area contributed by atoms with Crippen molar-refractivity contribution in [3.8, 4) is 11.5 Å². The highest BCUT2D eigenvalue weighted by molar-refractivity contribution is 6.50. The van der Waals surface area contributed by atoms with Crippen LogP contribution < -0.4 is 4.90 Å². The van der Waals surface area contributed by atoms with E-state index < -0.39 is 6.23 Å². The van der Waals surface area contributed by atoms with Crippen molar-refractivity contribution in [2.24, 2.45) is 10.1 Å². The van der Waals surface area contributed by atoms with Crippen molar-refractivity contribution >= 4 is 22.8 Å². The van der Waals surface area contributed by atoms with E-state index in [4.69, 9.17) is 4.99 Å². The second-order valence-corrected chi connectivity index (χ2v) is 7.80. The summed E-state index contributed by atoms with van der Waals surface area (Å²) in [6.45, 7) is 8.19. The number of hydrogen-bond acceptors (Lipinski definition) is 8. The molecule has 0 bridgehead atoms. The summed E-state index contributed by atoms with van der Waals surface area (Å²) in [5, 5.41) is 24.0. The normalized spacial score (nSPS) is 15.2. The van der Waals surface area contributed by atoms with Gasteiger partial charge in [0, 0.05) is 25.0 Å². The molecule has 0 saturated heterocycles. The molecule has 1 aromatic carbocycles. The van der Waals surface area contributed by atoms with Gasteiger partial charge in [-0.3, -0.25) is 9.88 Å². The van der Waals surface area contributed by atoms with Gasteiger partial charge in [0.05, 0.1) is 5.69 Å². The number of benzene rings is 1. The standard InChI is InChI=1S/C23H28N8O/c1-6-30(7-2)16-11-12-17(15(3)14-16)25-19-20(23(32)29(4)5)28-31-21(26-27-22(19)31)18-10-8-9-13-24-18/h8-14,23,32H,6-7H2,1-5H3/b25-19-. The van der Waals surface area contributed by atoms with E-state index in [1.165, 1.54) is 0 Å². The molecule has 0 amide bonds. The van der Waals surface area contributed by atoms with Crippen LogP contribution in [0.1, 0.15) is 25.2 Å². The van der Waals surface area contributed by atoms with Crippen molar-refractivity contribution in [1.82, 2.24) is 24.8 Å². The Hall–Kier alpha value is -3.43. The molecule has 3 heterocycles. The number of pyridine rings is 1. The fraction of sp³-hybridized carbons (Fsp3) is 0.348. The van der Waals surface area contributed by atoms with Crippen LogP contribution in [0.25, 0.3) is 11.5 Å². The summed E-state index contributed by atoms with van der Waals surface area (Å²) >= 11 is 0. The molecule has 3 aromatic rings. The minimum atomic E-state index is -0.942. The van der Waals surface area contributed by atoms with Gasteiger partial charge in [0.15, 0.2) is 6.23 Å². The predicted molar refractivity (Wildman–Crippen MR) is 127 cm³/mol. The third-order valence-electron chi connectivity index (χ3n) is 5.47. The topological polar surface area (TPSA) is 95.0 Å². The molecule has 1 atom stereocenters. The Bertz CT molecular complexity index is 1160. The Morgan fingerprint density at radius 1 is 1.06 bits per heavy atom. The van der Waals surface area contributed by atoms with Gasteiger partial charge >= 0.3 is 0 Å². The fourth-order valence-electron chi connectivity index (χ4n) is 3.64. The molecule has 1 aliphatic rings. The van der Waals surface area contributed by atoms with E-state index in [-0.39, 0.29) is 0 Å². The first-order valence-corrected chi connectivity index (χ1v) is 10.7. The zero-order valence-electron chi connectivity index (χ0n) is 19.1. The zero-order valence-corrected chi connectivity index (χ0v) is 19.1. The van der Waals surface area contributed by atoms with Crippen LogP contribution in [0, 0.1) is 6.92 Å². The van der Waals surface area contributed by atoms with Crippen molar-refractivity contribution in [2.75, 3.05) is 32.1 Å². The maximum Gasteiger partial charge on any atom is 0.205 e. The Balaban J connectivity index is 1.81. The third kappa shape index (κ3) is 3.92. The van der Waals surface area contributed by atoms with Gasteiger partial charge in [0.2, 0.25) is 11.6 Å². The van der Waals surface area contributed by atoms with Gasteiger partial charge < -0.3 is 10.0 Å². The highest BCUT2D eigenvalue weighted by Gasteiger charge is 2.34. The molecule has 4 rings (SSSR count). The third-order valence-corrected chi connectivity index (χ3v) is 5.47. The number of aliphatic hydroxyl groups is 1. The summed E-state index contributed by atoms with van der Waals surface area (Å²) in [5.74, 6) is 0.983. The molecule has 0 spiro atoms. The summed E-state index contributed by atoms with van der Waals surface area (Å²) in [6, 6.07) is 11.8. The summed E-state index contributed by atoms with van der Waals surface area (Å²) in [4.78, 5) is 13.2. The molecule has 2 aromatic heterocycles. The smallest absolute Gasteiger partial charge is 0.205 e. The highest BCUT2D eigenvalue weighted by atomic mass is 16.3. The molecule has 0 fully saturated rings. The maximum atomic E-state index is 10.8. The first-order valence-electron chi connectivity index (χ1n) is 10.7. The Morgan fingerprint density at radius 2 is 1.81 bits per heavy atom. The lowest BCUT2D eigenvalue weighted by atomic mass is 10.1. The van der Waals surface area contributed by atoms with Crippen LogP contribution in [0.4, 0.5) is 11.4 Å². The van der Waals surface area contributed by atoms with E-state index in [2.05, 4.69) is 51.2 Å². The van der Waals surface area contributed by atoms with E-state index in [0.717, 1.165) is 30.0 Å². The minimum absolute atomic E-state index is 0.421. The number of aryl methyl sites for hydroxylation is 1. The van der Waals surface area contributed by atoms with Gasteiger partial charge in [0.1, 0.15) is 17.1 Å². The summed E-state index contributed by atoms with van der Waals surface area (Å²) < 4.78 is 1.60. The molecule has 9 nitrogen and oxygen atoms in total. The van der Waals surface area contributed by atoms with Crippen LogP contribution in [0.3, 0.4) is 0 Å². The van der Waals surface area contributed by atoms with Crippen molar-refractivity contribution in [1.29, 1.82) is 0 Å². The van der Waals surface area contributed by atoms with Crippen LogP contribution in [0.2, 0.25) is 0 Å². The number of nitrogens with zero attached hydrogens (tertiary/aromatic N) is 8. The van der Waals surface area contributed by atoms with E-state index >= 15 is 0 Å². The molecule has 1 unspecified atom stereocenters. The van der Waals surface area contributed by atoms with Crippen LogP contribution >= 0.6 is 0 Å². The quantitative estimate of drug-likeness (QED) is 0.577. The van der Waals surface area contributed by atoms with Crippen molar-refractivity contribution in [3.05, 3.63) is 54.0 Å². The molecule has 1 N–H and O–H groups in total. The first-order chi connectivity index (χ1) is 15.4. The maximum absolute atomic E-state index is 10.8. The Morgan fingerprint density at radius 3 is 2.44 bits per heavy atom. The summed E-state index contributed by atoms with van der Waals surface area (Å²) in [7, 11) is 3.57. The molecule has 32 heavy (non-hydrogen) atoms. The van der Waals surface area contributed by atoms with E-state index in [1.54, 1.807) is 29.9 Å². The number of fused-ring (bicyclic) bond motifs is 1. The summed E-state index contributed by atoms with van der Waals surface area (Å²) in [5.41, 5.74) is 4.55. The van der Waals surface area contributed by atoms with E-state index in [0.29, 0.717) is 28.8 Å². The predicted octanol–water partition coefficient (Wildman–Crippen LogP) is 2.71. The van der Waals surface area contributed by atoms with Crippen LogP contribution in [-0.2, 0) is 0 Å². The van der Waals surface area contributed by atoms with Gasteiger partial charge in [-0.2, -0.15) is 9.78 Å². The molecule has 166 valence electrons. The molecule has 9 heteroatoms. The Labute approximate surface area is 187 Å². The van der Waals surface area contributed by atoms with Crippen LogP contribution in [0.5, 0.6) is 0 Å². The fourth-order valence-corrected chi connectivity index (χ4v) is 3.64. The van der Waals surface area contributed by atoms with Crippen LogP contribution in [0.15, 0.2) is 52.7 Å². The number of anilines is 1. The SMILES string of the molecule is CCN(CC)c1ccc(/N=C2/C(C(O)N(C)C)=Nn3c2nnc3-c2ccccn2)c(C)c1. The van der Waals surface area contributed by atoms with Crippen LogP contribution in [-0.4, -0.2) is 74.7 Å². The van der Waals surface area contributed by atoms with Gasteiger partial charge in [-0.1, -0.05) is 6.07 Å². The minimum Gasteiger partial charge on any atom is -0.372 e. The monoisotopic (exact) mass is 432 g/mol. The number of hydrogen-bond donors (Lipinski definition) is 1. The number of rotatable bonds is 7. The molecule has 1 aliphatic heterocycles. The summed E-state index contributed by atoms with van der Waals surface area (Å²) in [6.07, 6.45) is 0.753. The lowest BCUT2D eigenvalue weighted by Crippen LogP contribution is -2.38. The van der Waals surface area contributed by atoms with E-state index in [1.807, 2.05) is 31.2 Å². The van der Waals surface area contributed by atoms with Crippen molar-refractivity contribution in [3.63, 3.8) is 0 Å². The van der Waals surface area contributed by atoms with Crippen molar-refractivity contribution in [2.45, 2.75) is 27.0 Å². The number of aromatic nitrogens is 4. The average Bonchev–Trinajstić information content (AvgIpc) is 3.36. The average molecular weight is 433 g/mol. The molecular formula is C23H28N8O. The van der Waals surface area contributed by atoms with E-state index in [9.17, 15) is 5.11 Å². The molecule has 0 aliphatic carbocycles. The second-order valence-electron chi connectivity index (χ2n) is 7.80. The van der Waals surface area contributed by atoms with Gasteiger partial charge in [-0.15, -0.1) is 10.2 Å². The largest absolute Gasteiger partial charge is 0.372 e. The lowest BCUT2D eigenvalue weighted by Gasteiger charge is -2.22. The number of aliphatic imine (C=N–C) groups is 1. The van der Waals surface area contributed by atoms with Gasteiger partial charge in [-0.05, 0) is 70.8 Å². The second kappa shape index (κ2) is 8.97. The van der Waals surface area contributed by atoms with Gasteiger partial charge in [-0.25, -0.2) is 4.99 Å². The highest BCUT2D eigenvalue weighted by Crippen LogP contribution is 2.28. The zero-order chi connectivity index (χ0) is 22.8. The lowest BCUT2D eigenvalue weighted by molar-refractivity contribution is 0.103. The molecular weight excluding hydrogens is 404 g/mol.